The Morgan fingerprint density at radius 3 is 2.69 bits per heavy atom. The van der Waals surface area contributed by atoms with Gasteiger partial charge in [0.2, 0.25) is 5.91 Å². The SMILES string of the molecule is CC(=O)NC[C@H]1CN(c2ccc(N3CC4C(CBr)C4C3)c(F)c2)C(=O)O1. The van der Waals surface area contributed by atoms with Crippen LogP contribution < -0.4 is 15.1 Å². The summed E-state index contributed by atoms with van der Waals surface area (Å²) in [4.78, 5) is 26.5. The van der Waals surface area contributed by atoms with Gasteiger partial charge in [0, 0.05) is 25.3 Å². The molecule has 0 aromatic heterocycles. The van der Waals surface area contributed by atoms with Crippen molar-refractivity contribution in [3.8, 4) is 0 Å². The van der Waals surface area contributed by atoms with E-state index in [2.05, 4.69) is 26.1 Å². The lowest BCUT2D eigenvalue weighted by Gasteiger charge is -2.23. The zero-order valence-electron chi connectivity index (χ0n) is 14.5. The van der Waals surface area contributed by atoms with E-state index in [0.29, 0.717) is 29.8 Å². The Morgan fingerprint density at radius 2 is 2.08 bits per heavy atom. The normalized spacial score (nSPS) is 29.6. The number of ether oxygens (including phenoxy) is 1. The number of carbonyl (C=O) groups is 2. The molecule has 140 valence electrons. The van der Waals surface area contributed by atoms with Crippen LogP contribution in [0.5, 0.6) is 0 Å². The van der Waals surface area contributed by atoms with Crippen molar-refractivity contribution >= 4 is 39.3 Å². The number of piperidine rings is 1. The van der Waals surface area contributed by atoms with Crippen molar-refractivity contribution in [2.24, 2.45) is 17.8 Å². The number of amides is 2. The second-order valence-corrected chi connectivity index (χ2v) is 7.89. The molecule has 2 heterocycles. The van der Waals surface area contributed by atoms with Crippen molar-refractivity contribution in [3.63, 3.8) is 0 Å². The molecule has 4 rings (SSSR count). The number of cyclic esters (lactones) is 1. The first kappa shape index (κ1) is 17.6. The van der Waals surface area contributed by atoms with Gasteiger partial charge in [-0.3, -0.25) is 9.69 Å². The van der Waals surface area contributed by atoms with E-state index in [1.807, 2.05) is 0 Å². The topological polar surface area (TPSA) is 61.9 Å². The molecule has 2 unspecified atom stereocenters. The fraction of sp³-hybridized carbons (Fsp3) is 0.556. The fourth-order valence-electron chi connectivity index (χ4n) is 4.09. The van der Waals surface area contributed by atoms with Gasteiger partial charge in [-0.25, -0.2) is 9.18 Å². The van der Waals surface area contributed by atoms with Gasteiger partial charge in [0.05, 0.1) is 24.5 Å². The molecular formula is C18H21BrFN3O3. The van der Waals surface area contributed by atoms with Gasteiger partial charge in [-0.15, -0.1) is 0 Å². The summed E-state index contributed by atoms with van der Waals surface area (Å²) < 4.78 is 19.9. The Hall–Kier alpha value is -1.83. The molecule has 1 aromatic rings. The lowest BCUT2D eigenvalue weighted by molar-refractivity contribution is -0.119. The van der Waals surface area contributed by atoms with E-state index in [1.165, 1.54) is 17.9 Å². The fourth-order valence-corrected chi connectivity index (χ4v) is 5.05. The Kier molecular flexibility index (Phi) is 4.54. The van der Waals surface area contributed by atoms with Crippen LogP contribution in [0.4, 0.5) is 20.6 Å². The molecule has 1 aliphatic carbocycles. The van der Waals surface area contributed by atoms with Crippen LogP contribution in [0.15, 0.2) is 18.2 Å². The van der Waals surface area contributed by atoms with Crippen LogP contribution >= 0.6 is 15.9 Å². The highest BCUT2D eigenvalue weighted by Gasteiger charge is 2.55. The van der Waals surface area contributed by atoms with Crippen LogP contribution in [0.1, 0.15) is 6.92 Å². The molecule has 1 saturated carbocycles. The van der Waals surface area contributed by atoms with Crippen molar-refractivity contribution in [3.05, 3.63) is 24.0 Å². The summed E-state index contributed by atoms with van der Waals surface area (Å²) in [5.74, 6) is 1.56. The first-order valence-electron chi connectivity index (χ1n) is 8.81. The molecule has 8 heteroatoms. The number of halogens is 2. The zero-order chi connectivity index (χ0) is 18.4. The third-order valence-electron chi connectivity index (χ3n) is 5.59. The largest absolute Gasteiger partial charge is 0.442 e. The molecule has 26 heavy (non-hydrogen) atoms. The number of hydrogen-bond donors (Lipinski definition) is 1. The summed E-state index contributed by atoms with van der Waals surface area (Å²) in [5, 5.41) is 3.65. The van der Waals surface area contributed by atoms with Crippen LogP contribution in [-0.4, -0.2) is 49.6 Å². The summed E-state index contributed by atoms with van der Waals surface area (Å²) in [6.07, 6.45) is -0.948. The zero-order valence-corrected chi connectivity index (χ0v) is 16.0. The number of hydrogen-bond acceptors (Lipinski definition) is 4. The van der Waals surface area contributed by atoms with Gasteiger partial charge in [0.15, 0.2) is 0 Å². The number of nitrogens with zero attached hydrogens (tertiary/aromatic N) is 2. The number of rotatable bonds is 5. The first-order valence-corrected chi connectivity index (χ1v) is 9.93. The lowest BCUT2D eigenvalue weighted by Crippen LogP contribution is -2.33. The third kappa shape index (κ3) is 3.15. The average molecular weight is 426 g/mol. The van der Waals surface area contributed by atoms with E-state index in [1.54, 1.807) is 12.1 Å². The van der Waals surface area contributed by atoms with Crippen LogP contribution in [0.25, 0.3) is 0 Å². The highest BCUT2D eigenvalue weighted by atomic mass is 79.9. The number of carbonyl (C=O) groups excluding carboxylic acids is 2. The molecule has 3 atom stereocenters. The minimum Gasteiger partial charge on any atom is -0.442 e. The standard InChI is InChI=1S/C18H21BrFN3O3/c1-10(24)21-6-12-7-23(18(25)26-12)11-2-3-17(16(20)4-11)22-8-14-13(5-19)15(14)9-22/h2-4,12-15H,5-9H2,1H3,(H,21,24)/t12-,13?,14?,15?/m0/s1. The molecular weight excluding hydrogens is 405 g/mol. The Balaban J connectivity index is 1.42. The summed E-state index contributed by atoms with van der Waals surface area (Å²) in [6, 6.07) is 4.89. The second kappa shape index (κ2) is 6.72. The second-order valence-electron chi connectivity index (χ2n) is 7.24. The first-order chi connectivity index (χ1) is 12.5. The third-order valence-corrected chi connectivity index (χ3v) is 6.33. The van der Waals surface area contributed by atoms with Crippen LogP contribution in [-0.2, 0) is 9.53 Å². The molecule has 6 nitrogen and oxygen atoms in total. The van der Waals surface area contributed by atoms with Gasteiger partial charge < -0.3 is 15.0 Å². The molecule has 0 radical (unpaired) electrons. The molecule has 3 fully saturated rings. The minimum atomic E-state index is -0.518. The van der Waals surface area contributed by atoms with E-state index in [9.17, 15) is 14.0 Å². The molecule has 1 aromatic carbocycles. The van der Waals surface area contributed by atoms with Crippen molar-refractivity contribution in [2.45, 2.75) is 13.0 Å². The van der Waals surface area contributed by atoms with Crippen LogP contribution in [0.3, 0.4) is 0 Å². The summed E-state index contributed by atoms with van der Waals surface area (Å²) in [6.45, 7) is 3.73. The quantitative estimate of drug-likeness (QED) is 0.735. The molecule has 3 aliphatic rings. The Morgan fingerprint density at radius 1 is 1.35 bits per heavy atom. The van der Waals surface area contributed by atoms with Gasteiger partial charge in [-0.1, -0.05) is 15.9 Å². The number of fused-ring (bicyclic) bond motifs is 1. The van der Waals surface area contributed by atoms with E-state index < -0.39 is 12.2 Å². The lowest BCUT2D eigenvalue weighted by atomic mass is 10.2. The van der Waals surface area contributed by atoms with E-state index >= 15 is 0 Å². The maximum atomic E-state index is 14.7. The van der Waals surface area contributed by atoms with E-state index in [4.69, 9.17) is 4.74 Å². The predicted octanol–water partition coefficient (Wildman–Crippen LogP) is 2.36. The van der Waals surface area contributed by atoms with Crippen molar-refractivity contribution in [1.82, 2.24) is 5.32 Å². The molecule has 2 saturated heterocycles. The monoisotopic (exact) mass is 425 g/mol. The summed E-state index contributed by atoms with van der Waals surface area (Å²) >= 11 is 3.53. The molecule has 2 aliphatic heterocycles. The molecule has 1 N–H and O–H groups in total. The molecule has 0 bridgehead atoms. The van der Waals surface area contributed by atoms with Gasteiger partial charge in [0.1, 0.15) is 11.9 Å². The average Bonchev–Trinajstić information content (AvgIpc) is 2.93. The predicted molar refractivity (Wildman–Crippen MR) is 99.2 cm³/mol. The van der Waals surface area contributed by atoms with Gasteiger partial charge in [-0.05, 0) is 36.0 Å². The number of alkyl halides is 1. The van der Waals surface area contributed by atoms with E-state index in [-0.39, 0.29) is 18.3 Å². The Labute approximate surface area is 159 Å². The maximum absolute atomic E-state index is 14.7. The van der Waals surface area contributed by atoms with Crippen LogP contribution in [0, 0.1) is 23.6 Å². The Bertz CT molecular complexity index is 734. The van der Waals surface area contributed by atoms with E-state index in [0.717, 1.165) is 24.3 Å². The smallest absolute Gasteiger partial charge is 0.414 e. The highest BCUT2D eigenvalue weighted by molar-refractivity contribution is 9.09. The number of anilines is 2. The van der Waals surface area contributed by atoms with Crippen molar-refractivity contribution in [1.29, 1.82) is 0 Å². The van der Waals surface area contributed by atoms with Crippen molar-refractivity contribution < 1.29 is 18.7 Å². The molecule has 0 spiro atoms. The number of nitrogens with one attached hydrogen (secondary N) is 1. The van der Waals surface area contributed by atoms with Crippen LogP contribution in [0.2, 0.25) is 0 Å². The molecule has 2 amide bonds. The van der Waals surface area contributed by atoms with Gasteiger partial charge in [-0.2, -0.15) is 0 Å². The maximum Gasteiger partial charge on any atom is 0.414 e. The van der Waals surface area contributed by atoms with Crippen molar-refractivity contribution in [2.75, 3.05) is 41.3 Å². The minimum absolute atomic E-state index is 0.180. The summed E-state index contributed by atoms with van der Waals surface area (Å²) in [5.41, 5.74) is 1.07. The van der Waals surface area contributed by atoms with Gasteiger partial charge >= 0.3 is 6.09 Å². The highest BCUT2D eigenvalue weighted by Crippen LogP contribution is 2.53. The van der Waals surface area contributed by atoms with Gasteiger partial charge in [0.25, 0.3) is 0 Å². The summed E-state index contributed by atoms with van der Waals surface area (Å²) in [7, 11) is 0. The number of benzene rings is 1.